The van der Waals surface area contributed by atoms with Gasteiger partial charge < -0.3 is 14.0 Å². The van der Waals surface area contributed by atoms with Crippen LogP contribution in [-0.2, 0) is 6.54 Å². The molecule has 0 spiro atoms. The molecular formula is C44H39N21S3. The number of pyridine rings is 1. The highest BCUT2D eigenvalue weighted by Gasteiger charge is 2.08. The molecule has 0 saturated heterocycles. The summed E-state index contributed by atoms with van der Waals surface area (Å²) in [5, 5.41) is 11.1. The van der Waals surface area contributed by atoms with Crippen LogP contribution in [0.3, 0.4) is 0 Å². The summed E-state index contributed by atoms with van der Waals surface area (Å²) in [5.74, 6) is 2.84. The van der Waals surface area contributed by atoms with Crippen LogP contribution in [0.25, 0.3) is 38.4 Å². The van der Waals surface area contributed by atoms with E-state index in [1.54, 1.807) is 94.2 Å². The molecule has 338 valence electrons. The molecule has 0 bridgehead atoms. The van der Waals surface area contributed by atoms with E-state index in [0.717, 1.165) is 45.0 Å². The Morgan fingerprint density at radius 3 is 2.03 bits per heavy atom. The highest BCUT2D eigenvalue weighted by Crippen LogP contribution is 2.22. The molecule has 21 nitrogen and oxygen atoms in total. The van der Waals surface area contributed by atoms with Gasteiger partial charge in [0, 0.05) is 160 Å². The van der Waals surface area contributed by atoms with Crippen LogP contribution in [0.4, 0.5) is 0 Å². The van der Waals surface area contributed by atoms with Crippen molar-refractivity contribution >= 4 is 72.9 Å². The van der Waals surface area contributed by atoms with E-state index >= 15 is 0 Å². The van der Waals surface area contributed by atoms with Gasteiger partial charge >= 0.3 is 0 Å². The maximum absolute atomic E-state index is 4.12. The lowest BCUT2D eigenvalue weighted by molar-refractivity contribution is 0.719. The fourth-order valence-corrected chi connectivity index (χ4v) is 8.16. The van der Waals surface area contributed by atoms with E-state index in [0.29, 0.717) is 0 Å². The predicted molar refractivity (Wildman–Crippen MR) is 261 cm³/mol. The second-order valence-electron chi connectivity index (χ2n) is 13.5. The molecule has 15 aromatic rings. The van der Waals surface area contributed by atoms with Crippen molar-refractivity contribution in [2.75, 3.05) is 5.75 Å². The molecule has 0 fully saturated rings. The van der Waals surface area contributed by atoms with Crippen molar-refractivity contribution in [3.05, 3.63) is 208 Å². The van der Waals surface area contributed by atoms with E-state index in [9.17, 15) is 0 Å². The van der Waals surface area contributed by atoms with E-state index in [4.69, 9.17) is 0 Å². The van der Waals surface area contributed by atoms with E-state index in [1.807, 2.05) is 168 Å². The van der Waals surface area contributed by atoms with Crippen molar-refractivity contribution in [3.8, 4) is 0 Å². The largest absolute Gasteiger partial charge is 0.330 e. The van der Waals surface area contributed by atoms with Crippen LogP contribution in [-0.4, -0.2) is 106 Å². The Morgan fingerprint density at radius 1 is 0.456 bits per heavy atom. The van der Waals surface area contributed by atoms with Gasteiger partial charge in [-0.2, -0.15) is 10.2 Å². The number of rotatable bonds is 0. The average Bonchev–Trinajstić information content (AvgIpc) is 4.21. The van der Waals surface area contributed by atoms with Gasteiger partial charge in [-0.1, -0.05) is 29.2 Å². The summed E-state index contributed by atoms with van der Waals surface area (Å²) in [7, 11) is 0. The molecule has 0 radical (unpaired) electrons. The van der Waals surface area contributed by atoms with Crippen LogP contribution >= 0.6 is 34.4 Å². The van der Waals surface area contributed by atoms with E-state index < -0.39 is 0 Å². The first-order valence-corrected chi connectivity index (χ1v) is 23.3. The van der Waals surface area contributed by atoms with Crippen molar-refractivity contribution in [2.45, 2.75) is 11.7 Å². The van der Waals surface area contributed by atoms with Crippen LogP contribution < -0.4 is 0 Å². The monoisotopic (exact) mass is 957 g/mol. The Kier molecular flexibility index (Phi) is 14.9. The van der Waals surface area contributed by atoms with Gasteiger partial charge in [-0.05, 0) is 36.4 Å². The third-order valence-corrected chi connectivity index (χ3v) is 11.6. The quantitative estimate of drug-likeness (QED) is 0.158. The molecule has 24 heteroatoms. The second kappa shape index (κ2) is 22.8. The molecule has 1 N–H and O–H groups in total. The summed E-state index contributed by atoms with van der Waals surface area (Å²) in [5.41, 5.74) is 4.59. The van der Waals surface area contributed by atoms with Gasteiger partial charge in [-0.3, -0.25) is 17.6 Å². The van der Waals surface area contributed by atoms with E-state index in [-0.39, 0.29) is 0 Å². The number of hydrogen-bond donors (Lipinski definition) is 1. The molecule has 0 aromatic carbocycles. The van der Waals surface area contributed by atoms with Crippen LogP contribution in [0, 0.1) is 0 Å². The molecule has 1 aliphatic heterocycles. The molecule has 68 heavy (non-hydrogen) atoms. The zero-order valence-corrected chi connectivity index (χ0v) is 38.2. The number of H-pyrrole nitrogens is 1. The highest BCUT2D eigenvalue weighted by atomic mass is 32.2. The molecule has 0 unspecified atom stereocenters. The lowest BCUT2D eigenvalue weighted by Crippen LogP contribution is -1.88. The van der Waals surface area contributed by atoms with Gasteiger partial charge in [0.05, 0.1) is 6.20 Å². The van der Waals surface area contributed by atoms with Crippen molar-refractivity contribution in [3.63, 3.8) is 0 Å². The van der Waals surface area contributed by atoms with Gasteiger partial charge in [0.15, 0.2) is 15.8 Å². The van der Waals surface area contributed by atoms with Crippen LogP contribution in [0.2, 0.25) is 0 Å². The third-order valence-electron chi connectivity index (χ3n) is 9.15. The van der Waals surface area contributed by atoms with Gasteiger partial charge in [0.2, 0.25) is 16.5 Å². The number of aromatic amines is 1. The minimum Gasteiger partial charge on any atom is -0.330 e. The molecule has 1 aliphatic rings. The van der Waals surface area contributed by atoms with E-state index in [1.165, 1.54) is 22.2 Å². The maximum Gasteiger partial charge on any atom is 0.233 e. The Morgan fingerprint density at radius 2 is 1.18 bits per heavy atom. The zero-order valence-electron chi connectivity index (χ0n) is 35.7. The molecular weight excluding hydrogens is 919 g/mol. The Hall–Kier alpha value is -8.87. The first-order chi connectivity index (χ1) is 33.7. The van der Waals surface area contributed by atoms with Crippen LogP contribution in [0.5, 0.6) is 0 Å². The summed E-state index contributed by atoms with van der Waals surface area (Å²) in [4.78, 5) is 45.1. The fourth-order valence-electron chi connectivity index (χ4n) is 5.98. The number of hydrogen-bond acceptors (Lipinski definition) is 15. The number of thioether (sulfide) groups is 1. The predicted octanol–water partition coefficient (Wildman–Crippen LogP) is 7.36. The highest BCUT2D eigenvalue weighted by molar-refractivity contribution is 7.99. The van der Waals surface area contributed by atoms with Crippen LogP contribution in [0.1, 0.15) is 0 Å². The normalized spacial score (nSPS) is 11.1. The minimum absolute atomic E-state index is 0.748. The topological polar surface area (TPSA) is 206 Å². The Labute approximate surface area is 397 Å². The number of thiazole rings is 1. The van der Waals surface area contributed by atoms with Gasteiger partial charge in [-0.25, -0.2) is 58.9 Å². The number of aromatic nitrogens is 21. The average molecular weight is 958 g/mol. The van der Waals surface area contributed by atoms with Gasteiger partial charge in [-0.15, -0.1) is 11.3 Å². The Balaban J connectivity index is 0.0000000971. The van der Waals surface area contributed by atoms with Crippen molar-refractivity contribution in [1.82, 2.24) is 101 Å². The molecule has 0 aliphatic carbocycles. The van der Waals surface area contributed by atoms with Crippen molar-refractivity contribution in [2.24, 2.45) is 0 Å². The number of imidazole rings is 9. The number of aryl methyl sites for hydroxylation is 1. The van der Waals surface area contributed by atoms with Gasteiger partial charge in [0.1, 0.15) is 23.1 Å². The summed E-state index contributed by atoms with van der Waals surface area (Å²) in [6, 6.07) is 13.4. The molecule has 16 heterocycles. The summed E-state index contributed by atoms with van der Waals surface area (Å²) < 4.78 is 15.2. The third kappa shape index (κ3) is 11.9. The van der Waals surface area contributed by atoms with E-state index in [2.05, 4.69) is 69.6 Å². The molecule has 0 saturated carbocycles. The van der Waals surface area contributed by atoms with Crippen LogP contribution in [0.15, 0.2) is 214 Å². The SMILES string of the molecule is c1cc2nccn2cn1.c1ccn2ccnc2c1.c1cn2c(n1)SCC2.c1cn2cc[nH]c2n1.c1cn2ccsc2n1.c1cn2ncsc2n1.c1cnc2nccn2c1.c1cnn2ccnc2c1. The minimum atomic E-state index is 0.748. The lowest BCUT2D eigenvalue weighted by atomic mass is 10.5. The summed E-state index contributed by atoms with van der Waals surface area (Å²) in [6.07, 6.45) is 45.8. The van der Waals surface area contributed by atoms with Gasteiger partial charge in [0.25, 0.3) is 0 Å². The number of nitrogens with one attached hydrogen (secondary N) is 1. The first kappa shape index (κ1) is 44.3. The standard InChI is InChI=1S/C7H6N2.3C6H5N3.C5H5N3.C5H6N2S.C5H4N2S.C4H3N3S/c1-2-5-9-6-4-8-7(9)3-1;1-2-7-5-9-4-3-8-6(1)9;1-2-7-6-8-3-5-9(6)4-1;1-2-6-7-4-5-9(6)8-3-1;1-3-8-4-2-7-5(8)6-1;2*1-2-7-3-4-8-5(7)6-1;1-2-7-4(5-1)8-3-6-7/h1-6H;3*1-5H;1-4H,(H,6,7);1-2H,3-4H2;1-4H;1-3H. The number of nitrogens with zero attached hydrogens (tertiary/aromatic N) is 20. The molecule has 0 atom stereocenters. The Bertz CT molecular complexity index is 3060. The smallest absolute Gasteiger partial charge is 0.233 e. The van der Waals surface area contributed by atoms with Crippen molar-refractivity contribution < 1.29 is 0 Å². The number of fused-ring (bicyclic) bond motifs is 8. The zero-order chi connectivity index (χ0) is 46.0. The maximum atomic E-state index is 4.12. The lowest BCUT2D eigenvalue weighted by Gasteiger charge is -1.86. The molecule has 16 rings (SSSR count). The summed E-state index contributed by atoms with van der Waals surface area (Å²) >= 11 is 5.01. The molecule has 0 amide bonds. The second-order valence-corrected chi connectivity index (χ2v) is 16.2. The fraction of sp³-hybridized carbons (Fsp3) is 0.0455. The molecule has 15 aromatic heterocycles. The van der Waals surface area contributed by atoms with Crippen molar-refractivity contribution in [1.29, 1.82) is 0 Å². The first-order valence-electron chi connectivity index (χ1n) is 20.5. The summed E-state index contributed by atoms with van der Waals surface area (Å²) in [6.45, 7) is 1.14.